The van der Waals surface area contributed by atoms with Crippen molar-refractivity contribution in [2.45, 2.75) is 89.0 Å². The standard InChI is InChI=1S/C46H48N2/c1-3-12-33(13-4-1)34-22-27-39(28-23-34)47(38-16-5-2-6-17-38)40-29-24-35(25-30-40)37-15-11-18-41(32-37)48-44-21-10-9-20-43(44)46-42-19-8-7-14-36(42)26-31-45(46)48/h1,3,5,9,11-12,14-18,20,22,24,26-27,29-32,35,42,45-46H,2,4,6-8,10,13,19,21,23,25,28H2/t35?,42?,45-,46?/m1/s1. The Hall–Kier alpha value is -4.30. The van der Waals surface area contributed by atoms with Crippen LogP contribution in [0.15, 0.2) is 167 Å². The first kappa shape index (κ1) is 29.8. The molecule has 4 atom stereocenters. The molecule has 7 aliphatic carbocycles. The van der Waals surface area contributed by atoms with Crippen LogP contribution in [-0.4, -0.2) is 10.9 Å². The predicted octanol–water partition coefficient (Wildman–Crippen LogP) is 11.7. The molecule has 0 saturated heterocycles. The summed E-state index contributed by atoms with van der Waals surface area (Å²) in [6, 6.07) is 9.96. The van der Waals surface area contributed by atoms with Gasteiger partial charge in [-0.05, 0) is 141 Å². The van der Waals surface area contributed by atoms with Gasteiger partial charge < -0.3 is 9.80 Å². The number of benzene rings is 1. The van der Waals surface area contributed by atoms with Crippen LogP contribution in [-0.2, 0) is 0 Å². The molecule has 1 heterocycles. The highest BCUT2D eigenvalue weighted by atomic mass is 15.2. The molecule has 3 unspecified atom stereocenters. The van der Waals surface area contributed by atoms with Crippen molar-refractivity contribution in [2.24, 2.45) is 11.8 Å². The Morgan fingerprint density at radius 3 is 2.46 bits per heavy atom. The maximum atomic E-state index is 2.73. The molecule has 0 spiro atoms. The maximum absolute atomic E-state index is 2.73. The van der Waals surface area contributed by atoms with E-state index in [1.165, 1.54) is 65.2 Å². The molecular weight excluding hydrogens is 581 g/mol. The lowest BCUT2D eigenvalue weighted by molar-refractivity contribution is 0.369. The van der Waals surface area contributed by atoms with E-state index in [9.17, 15) is 0 Å². The second-order valence-electron chi connectivity index (χ2n) is 14.7. The second-order valence-corrected chi connectivity index (χ2v) is 14.7. The molecule has 0 radical (unpaired) electrons. The highest BCUT2D eigenvalue weighted by Crippen LogP contribution is 2.52. The zero-order chi connectivity index (χ0) is 31.9. The minimum atomic E-state index is 0.387. The summed E-state index contributed by atoms with van der Waals surface area (Å²) in [5.74, 6) is 1.64. The van der Waals surface area contributed by atoms with Gasteiger partial charge in [-0.3, -0.25) is 0 Å². The molecule has 2 nitrogen and oxygen atoms in total. The fourth-order valence-corrected chi connectivity index (χ4v) is 9.58. The first-order valence-electron chi connectivity index (χ1n) is 18.8. The van der Waals surface area contributed by atoms with Gasteiger partial charge in [-0.1, -0.05) is 91.1 Å². The number of allylic oxidation sites excluding steroid dienone is 20. The maximum Gasteiger partial charge on any atom is 0.0597 e. The van der Waals surface area contributed by atoms with Crippen molar-refractivity contribution in [3.63, 3.8) is 0 Å². The smallest absolute Gasteiger partial charge is 0.0597 e. The summed E-state index contributed by atoms with van der Waals surface area (Å²) in [6.45, 7) is 0. The monoisotopic (exact) mass is 628 g/mol. The molecule has 0 aromatic heterocycles. The van der Waals surface area contributed by atoms with Gasteiger partial charge in [0.05, 0.1) is 6.04 Å². The van der Waals surface area contributed by atoms with E-state index in [-0.39, 0.29) is 0 Å². The number of anilines is 1. The Balaban J connectivity index is 0.984. The summed E-state index contributed by atoms with van der Waals surface area (Å²) in [5, 5.41) is 0. The van der Waals surface area contributed by atoms with Gasteiger partial charge in [0.2, 0.25) is 0 Å². The largest absolute Gasteiger partial charge is 0.337 e. The van der Waals surface area contributed by atoms with Crippen LogP contribution in [0.25, 0.3) is 0 Å². The van der Waals surface area contributed by atoms with Crippen LogP contribution >= 0.6 is 0 Å². The average molecular weight is 629 g/mol. The van der Waals surface area contributed by atoms with Gasteiger partial charge in [-0.15, -0.1) is 0 Å². The van der Waals surface area contributed by atoms with Gasteiger partial charge in [0, 0.05) is 40.3 Å². The van der Waals surface area contributed by atoms with Crippen molar-refractivity contribution in [2.75, 3.05) is 4.90 Å². The topological polar surface area (TPSA) is 6.48 Å². The number of hydrogen-bond donors (Lipinski definition) is 0. The van der Waals surface area contributed by atoms with Gasteiger partial charge in [0.25, 0.3) is 0 Å². The Bertz CT molecular complexity index is 1860. The van der Waals surface area contributed by atoms with E-state index in [0.717, 1.165) is 51.4 Å². The summed E-state index contributed by atoms with van der Waals surface area (Å²) in [6.07, 6.45) is 52.5. The Labute approximate surface area is 287 Å². The van der Waals surface area contributed by atoms with E-state index in [4.69, 9.17) is 0 Å². The minimum Gasteiger partial charge on any atom is -0.337 e. The third-order valence-corrected chi connectivity index (χ3v) is 11.9. The molecule has 8 aliphatic rings. The van der Waals surface area contributed by atoms with Crippen LogP contribution in [0, 0.1) is 11.8 Å². The summed E-state index contributed by atoms with van der Waals surface area (Å²) in [4.78, 5) is 5.27. The molecule has 9 rings (SSSR count). The second kappa shape index (κ2) is 13.0. The first-order chi connectivity index (χ1) is 23.8. The molecule has 0 N–H and O–H groups in total. The number of hydrogen-bond acceptors (Lipinski definition) is 2. The third-order valence-electron chi connectivity index (χ3n) is 11.9. The molecule has 0 saturated carbocycles. The molecule has 0 amide bonds. The fraction of sp³-hybridized carbons (Fsp3) is 0.348. The zero-order valence-corrected chi connectivity index (χ0v) is 28.2. The molecule has 0 bridgehead atoms. The lowest BCUT2D eigenvalue weighted by Crippen LogP contribution is -2.38. The van der Waals surface area contributed by atoms with E-state index in [0.29, 0.717) is 23.8 Å². The van der Waals surface area contributed by atoms with Crippen molar-refractivity contribution in [3.05, 3.63) is 172 Å². The average Bonchev–Trinajstić information content (AvgIpc) is 3.51. The molecular formula is C46H48N2. The van der Waals surface area contributed by atoms with E-state index >= 15 is 0 Å². The summed E-state index contributed by atoms with van der Waals surface area (Å²) >= 11 is 0. The van der Waals surface area contributed by atoms with Crippen LogP contribution in [0.5, 0.6) is 0 Å². The predicted molar refractivity (Wildman–Crippen MR) is 201 cm³/mol. The third kappa shape index (κ3) is 5.44. The molecule has 242 valence electrons. The molecule has 1 aromatic carbocycles. The Kier molecular flexibility index (Phi) is 8.05. The van der Waals surface area contributed by atoms with Crippen molar-refractivity contribution >= 4 is 5.69 Å². The van der Waals surface area contributed by atoms with Crippen LogP contribution in [0.1, 0.15) is 88.5 Å². The lowest BCUT2D eigenvalue weighted by Gasteiger charge is -2.39. The van der Waals surface area contributed by atoms with E-state index < -0.39 is 0 Å². The zero-order valence-electron chi connectivity index (χ0n) is 28.2. The van der Waals surface area contributed by atoms with E-state index in [2.05, 4.69) is 131 Å². The van der Waals surface area contributed by atoms with E-state index in [1.54, 1.807) is 16.8 Å². The number of nitrogens with zero attached hydrogens (tertiary/aromatic N) is 2. The van der Waals surface area contributed by atoms with Gasteiger partial charge in [-0.25, -0.2) is 0 Å². The van der Waals surface area contributed by atoms with Gasteiger partial charge in [0.15, 0.2) is 0 Å². The van der Waals surface area contributed by atoms with Crippen molar-refractivity contribution in [3.8, 4) is 0 Å². The number of rotatable bonds is 6. The van der Waals surface area contributed by atoms with Crippen LogP contribution in [0.2, 0.25) is 0 Å². The van der Waals surface area contributed by atoms with Crippen LogP contribution in [0.4, 0.5) is 5.69 Å². The quantitative estimate of drug-likeness (QED) is 0.309. The summed E-state index contributed by atoms with van der Waals surface area (Å²) < 4.78 is 0. The minimum absolute atomic E-state index is 0.387. The fourth-order valence-electron chi connectivity index (χ4n) is 9.58. The Morgan fingerprint density at radius 1 is 0.708 bits per heavy atom. The van der Waals surface area contributed by atoms with Crippen molar-refractivity contribution in [1.82, 2.24) is 4.90 Å². The van der Waals surface area contributed by atoms with Crippen molar-refractivity contribution in [1.29, 1.82) is 0 Å². The van der Waals surface area contributed by atoms with Crippen LogP contribution in [0.3, 0.4) is 0 Å². The normalized spacial score (nSPS) is 28.9. The molecule has 1 aromatic rings. The molecule has 2 heteroatoms. The molecule has 48 heavy (non-hydrogen) atoms. The lowest BCUT2D eigenvalue weighted by atomic mass is 9.69. The number of fused-ring (bicyclic) bond motifs is 4. The van der Waals surface area contributed by atoms with Gasteiger partial charge >= 0.3 is 0 Å². The highest BCUT2D eigenvalue weighted by Gasteiger charge is 2.46. The summed E-state index contributed by atoms with van der Waals surface area (Å²) in [7, 11) is 0. The Morgan fingerprint density at radius 2 is 1.62 bits per heavy atom. The van der Waals surface area contributed by atoms with Crippen molar-refractivity contribution < 1.29 is 0 Å². The summed E-state index contributed by atoms with van der Waals surface area (Å²) in [5.41, 5.74) is 14.7. The van der Waals surface area contributed by atoms with Crippen LogP contribution < -0.4 is 4.90 Å². The SMILES string of the molecule is C1=CCCC(C2=CC=C(N(C3=CCCC=C3)C3=CCC(c4cccc(N5C6=C(C=CCC6)C6C7CCCC=C7C=C[C@H]65)c4)C=C3)CC2)=C1. The van der Waals surface area contributed by atoms with Gasteiger partial charge in [-0.2, -0.15) is 0 Å². The highest BCUT2D eigenvalue weighted by molar-refractivity contribution is 5.65. The van der Waals surface area contributed by atoms with E-state index in [1.807, 2.05) is 0 Å². The molecule has 0 fully saturated rings. The molecule has 1 aliphatic heterocycles. The van der Waals surface area contributed by atoms with Gasteiger partial charge in [0.1, 0.15) is 0 Å². The first-order valence-corrected chi connectivity index (χ1v) is 18.8.